The first-order valence-corrected chi connectivity index (χ1v) is 14.4. The van der Waals surface area contributed by atoms with Gasteiger partial charge in [0, 0.05) is 10.8 Å². The van der Waals surface area contributed by atoms with Crippen molar-refractivity contribution >= 4 is 54.3 Å². The van der Waals surface area contributed by atoms with Crippen molar-refractivity contribution in [1.29, 1.82) is 0 Å². The van der Waals surface area contributed by atoms with E-state index in [9.17, 15) is 13.7 Å². The number of para-hydroxylation sites is 1. The summed E-state index contributed by atoms with van der Waals surface area (Å²) in [5, 5.41) is -5.31. The van der Waals surface area contributed by atoms with E-state index in [4.69, 9.17) is 31.8 Å². The highest BCUT2D eigenvalue weighted by atomic mass is 16.3. The molecule has 9 aromatic carbocycles. The number of furan rings is 1. The van der Waals surface area contributed by atoms with Crippen LogP contribution in [0.4, 0.5) is 0 Å². The fourth-order valence-corrected chi connectivity index (χ4v) is 5.83. The van der Waals surface area contributed by atoms with Gasteiger partial charge in [0.15, 0.2) is 0 Å². The van der Waals surface area contributed by atoms with Crippen LogP contribution in [0.5, 0.6) is 0 Å². The molecule has 0 unspecified atom stereocenters. The Morgan fingerprint density at radius 3 is 1.59 bits per heavy atom. The second-order valence-electron chi connectivity index (χ2n) is 10.5. The molecular weight excluding hydrogens is 593 g/mol. The molecule has 10 aromatic rings. The Balaban J connectivity index is 1.42. The minimum atomic E-state index is -1.17. The van der Waals surface area contributed by atoms with Crippen LogP contribution in [0, 0.1) is 0 Å². The van der Waals surface area contributed by atoms with Crippen LogP contribution in [-0.2, 0) is 0 Å². The Morgan fingerprint density at radius 2 is 0.837 bits per heavy atom. The Kier molecular flexibility index (Phi) is 2.50. The lowest BCUT2D eigenvalue weighted by Crippen LogP contribution is -1.91. The maximum atomic E-state index is 9.66. The molecular formula is C48H30O. The molecule has 49 heavy (non-hydrogen) atoms. The van der Waals surface area contributed by atoms with Crippen LogP contribution >= 0.6 is 0 Å². The van der Waals surface area contributed by atoms with Gasteiger partial charge in [-0.1, -0.05) is 163 Å². The summed E-state index contributed by atoms with van der Waals surface area (Å²) in [7, 11) is 0. The molecule has 0 aliphatic heterocycles. The maximum Gasteiger partial charge on any atom is 0.136 e. The van der Waals surface area contributed by atoms with E-state index in [1.54, 1.807) is 0 Å². The molecule has 0 saturated carbocycles. The van der Waals surface area contributed by atoms with Crippen molar-refractivity contribution in [1.82, 2.24) is 0 Å². The van der Waals surface area contributed by atoms with E-state index >= 15 is 0 Å². The molecule has 0 bridgehead atoms. The van der Waals surface area contributed by atoms with Crippen molar-refractivity contribution in [3.8, 4) is 44.5 Å². The summed E-state index contributed by atoms with van der Waals surface area (Å²) in [5.41, 5.74) is -7.78. The summed E-state index contributed by atoms with van der Waals surface area (Å²) in [6, 6.07) is -29.2. The van der Waals surface area contributed by atoms with Gasteiger partial charge in [0.2, 0.25) is 0 Å². The smallest absolute Gasteiger partial charge is 0.136 e. The number of benzene rings is 9. The van der Waals surface area contributed by atoms with Gasteiger partial charge in [-0.25, -0.2) is 0 Å². The normalized spacial score (nSPS) is 20.2. The first-order chi connectivity index (χ1) is 36.8. The monoisotopic (exact) mass is 652 g/mol. The van der Waals surface area contributed by atoms with E-state index in [1.165, 1.54) is 0 Å². The number of hydrogen-bond donors (Lipinski definition) is 0. The molecule has 0 radical (unpaired) electrons. The molecule has 228 valence electrons. The van der Waals surface area contributed by atoms with Gasteiger partial charge in [-0.2, -0.15) is 0 Å². The average Bonchev–Trinajstić information content (AvgIpc) is 3.82. The highest BCUT2D eigenvalue weighted by molar-refractivity contribution is 6.25. The van der Waals surface area contributed by atoms with Crippen molar-refractivity contribution in [3.63, 3.8) is 0 Å². The van der Waals surface area contributed by atoms with Gasteiger partial charge in [-0.3, -0.25) is 0 Å². The fraction of sp³-hybridized carbons (Fsp3) is 0. The van der Waals surface area contributed by atoms with Crippen molar-refractivity contribution in [2.75, 3.05) is 0 Å². The third-order valence-electron chi connectivity index (χ3n) is 7.89. The maximum absolute atomic E-state index is 9.66. The lowest BCUT2D eigenvalue weighted by Gasteiger charge is -2.18. The molecule has 10 rings (SSSR count). The third-order valence-corrected chi connectivity index (χ3v) is 7.89. The standard InChI is InChI=1S/C48H30O/c1-2-16-36-32(12-1)13-10-22-37(36)35-15-9-14-34(30-35)31-26-28-33(29-27-31)46-38-17-3-5-19-40(38)47(41-20-6-4-18-39(41)46)43-23-11-25-45-48(43)42-21-7-8-24-44(42)49-45/h1-30H/i1D,2D,3D,4D,5D,6D,7D,8D,9D,10D,11D,12D,13D,14D,15D,16D,17D,18D,19D,20D,21D,22D,23D,24D,25D,26D,27D,28D,29D,30D. The number of fused-ring (bicyclic) bond motifs is 6. The summed E-state index contributed by atoms with van der Waals surface area (Å²) in [5.74, 6) is 0. The molecule has 0 spiro atoms. The van der Waals surface area contributed by atoms with E-state index in [0.29, 0.717) is 0 Å². The third kappa shape index (κ3) is 4.40. The first-order valence-electron chi connectivity index (χ1n) is 29.4. The molecule has 0 aliphatic carbocycles. The van der Waals surface area contributed by atoms with E-state index < -0.39 is 280 Å². The van der Waals surface area contributed by atoms with Crippen LogP contribution in [0.15, 0.2) is 186 Å². The zero-order chi connectivity index (χ0) is 58.4. The van der Waals surface area contributed by atoms with Crippen LogP contribution in [-0.4, -0.2) is 0 Å². The zero-order valence-corrected chi connectivity index (χ0v) is 24.4. The van der Waals surface area contributed by atoms with Crippen LogP contribution in [0.1, 0.15) is 41.1 Å². The predicted molar refractivity (Wildman–Crippen MR) is 208 cm³/mol. The molecule has 0 amide bonds. The van der Waals surface area contributed by atoms with Crippen molar-refractivity contribution < 1.29 is 45.5 Å². The summed E-state index contributed by atoms with van der Waals surface area (Å²) in [6.07, 6.45) is 0. The zero-order valence-electron chi connectivity index (χ0n) is 54.4. The minimum absolute atomic E-state index is 0.495. The van der Waals surface area contributed by atoms with Gasteiger partial charge < -0.3 is 4.42 Å². The molecule has 1 aromatic heterocycles. The molecule has 0 N–H and O–H groups in total. The summed E-state index contributed by atoms with van der Waals surface area (Å²) in [4.78, 5) is 0. The molecule has 0 saturated heterocycles. The van der Waals surface area contributed by atoms with E-state index in [0.717, 1.165) is 0 Å². The van der Waals surface area contributed by atoms with Gasteiger partial charge >= 0.3 is 0 Å². The van der Waals surface area contributed by atoms with E-state index in [2.05, 4.69) is 0 Å². The highest BCUT2D eigenvalue weighted by Gasteiger charge is 2.20. The van der Waals surface area contributed by atoms with Crippen LogP contribution < -0.4 is 0 Å². The highest BCUT2D eigenvalue weighted by Crippen LogP contribution is 2.47. The molecule has 0 atom stereocenters. The lowest BCUT2D eigenvalue weighted by atomic mass is 9.84. The SMILES string of the molecule is [2H]c1c([2H])c(-c2c([2H])c([2H])c(-c3c4c([2H])c([2H])c([2H])c([2H])c4c(-c4c([2H])c([2H])c([2H])c5oc6c([2H])c([2H])c([2H])c([2H])c6c45)c4c([2H])c([2H])c([2H])c([2H])c34)c([2H])c2[2H])c([2H])c(-c2c([2H])c([2H])c([2H])c3c([2H])c([2H])c([2H])c([2H])c23)c1[2H]. The summed E-state index contributed by atoms with van der Waals surface area (Å²) >= 11 is 0. The second kappa shape index (κ2) is 11.1. The molecule has 0 aliphatic rings. The fourth-order valence-electron chi connectivity index (χ4n) is 5.83. The van der Waals surface area contributed by atoms with Crippen molar-refractivity contribution in [2.45, 2.75) is 0 Å². The predicted octanol–water partition coefficient (Wildman–Crippen LogP) is 13.7. The first kappa shape index (κ1) is 11.1. The van der Waals surface area contributed by atoms with Gasteiger partial charge in [-0.05, 0) is 95.0 Å². The largest absolute Gasteiger partial charge is 0.456 e. The van der Waals surface area contributed by atoms with Crippen molar-refractivity contribution in [3.05, 3.63) is 181 Å². The Morgan fingerprint density at radius 1 is 0.327 bits per heavy atom. The van der Waals surface area contributed by atoms with Gasteiger partial charge in [0.1, 0.15) is 11.2 Å². The van der Waals surface area contributed by atoms with Gasteiger partial charge in [-0.15, -0.1) is 0 Å². The quantitative estimate of drug-likeness (QED) is 0.172. The van der Waals surface area contributed by atoms with Gasteiger partial charge in [0.05, 0.1) is 41.1 Å². The molecule has 1 heterocycles. The molecule has 0 fully saturated rings. The number of rotatable bonds is 4. The summed E-state index contributed by atoms with van der Waals surface area (Å²) < 4.78 is 276. The van der Waals surface area contributed by atoms with Crippen LogP contribution in [0.25, 0.3) is 98.8 Å². The number of hydrogen-bond acceptors (Lipinski definition) is 1. The molecule has 1 nitrogen and oxygen atoms in total. The van der Waals surface area contributed by atoms with Crippen LogP contribution in [0.3, 0.4) is 0 Å². The van der Waals surface area contributed by atoms with Gasteiger partial charge in [0.25, 0.3) is 0 Å². The average molecular weight is 653 g/mol. The Hall–Kier alpha value is -6.44. The van der Waals surface area contributed by atoms with E-state index in [1.807, 2.05) is 0 Å². The summed E-state index contributed by atoms with van der Waals surface area (Å²) in [6.45, 7) is 0. The minimum Gasteiger partial charge on any atom is -0.456 e. The Bertz CT molecular complexity index is 4480. The van der Waals surface area contributed by atoms with E-state index in [-0.39, 0.29) is 0 Å². The second-order valence-corrected chi connectivity index (χ2v) is 10.5. The Labute approximate surface area is 326 Å². The van der Waals surface area contributed by atoms with Crippen molar-refractivity contribution in [2.24, 2.45) is 0 Å². The topological polar surface area (TPSA) is 13.1 Å². The van der Waals surface area contributed by atoms with Crippen LogP contribution in [0.2, 0.25) is 0 Å². The molecule has 1 heteroatoms. The lowest BCUT2D eigenvalue weighted by molar-refractivity contribution is 0.669.